The van der Waals surface area contributed by atoms with Crippen LogP contribution in [0.1, 0.15) is 5.56 Å². The minimum atomic E-state index is 0.446. The molecule has 17 heavy (non-hydrogen) atoms. The summed E-state index contributed by atoms with van der Waals surface area (Å²) in [5, 5.41) is 1.70. The van der Waals surface area contributed by atoms with Crippen LogP contribution in [-0.4, -0.2) is 0 Å². The Morgan fingerprint density at radius 3 is 2.12 bits per heavy atom. The van der Waals surface area contributed by atoms with E-state index < -0.39 is 0 Å². The van der Waals surface area contributed by atoms with Crippen LogP contribution in [0, 0.1) is 0 Å². The summed E-state index contributed by atoms with van der Waals surface area (Å²) in [5.41, 5.74) is 2.84. The Morgan fingerprint density at radius 1 is 0.765 bits per heavy atom. The molecule has 0 nitrogen and oxygen atoms in total. The first-order valence-electron chi connectivity index (χ1n) is 4.91. The predicted octanol–water partition coefficient (Wildman–Crippen LogP) is 6.05. The van der Waals surface area contributed by atoms with Gasteiger partial charge in [-0.25, -0.2) is 0 Å². The summed E-state index contributed by atoms with van der Waals surface area (Å²) in [5.74, 6) is 0.446. The van der Waals surface area contributed by atoms with Gasteiger partial charge < -0.3 is 0 Å². The highest BCUT2D eigenvalue weighted by Crippen LogP contribution is 2.33. The van der Waals surface area contributed by atoms with E-state index in [4.69, 9.17) is 46.4 Å². The summed E-state index contributed by atoms with van der Waals surface area (Å²) in [6.07, 6.45) is 0. The summed E-state index contributed by atoms with van der Waals surface area (Å²) >= 11 is 23.8. The molecule has 0 heterocycles. The summed E-state index contributed by atoms with van der Waals surface area (Å²) < 4.78 is 0. The maximum Gasteiger partial charge on any atom is 0.0598 e. The van der Waals surface area contributed by atoms with Crippen LogP contribution >= 0.6 is 46.4 Å². The van der Waals surface area contributed by atoms with E-state index in [0.717, 1.165) is 16.7 Å². The highest BCUT2D eigenvalue weighted by atomic mass is 35.5. The Bertz CT molecular complexity index is 549. The van der Waals surface area contributed by atoms with Gasteiger partial charge in [0.25, 0.3) is 0 Å². The fourth-order valence-corrected chi connectivity index (χ4v) is 2.32. The van der Waals surface area contributed by atoms with Crippen LogP contribution < -0.4 is 0 Å². The zero-order valence-corrected chi connectivity index (χ0v) is 11.7. The lowest BCUT2D eigenvalue weighted by Crippen LogP contribution is -1.83. The molecular weight excluding hydrogens is 298 g/mol. The Morgan fingerprint density at radius 2 is 1.53 bits per heavy atom. The van der Waals surface area contributed by atoms with Crippen molar-refractivity contribution in [1.29, 1.82) is 0 Å². The number of alkyl halides is 1. The number of hydrogen-bond acceptors (Lipinski definition) is 0. The molecule has 0 radical (unpaired) electrons. The van der Waals surface area contributed by atoms with E-state index >= 15 is 0 Å². The van der Waals surface area contributed by atoms with E-state index in [9.17, 15) is 0 Å². The standard InChI is InChI=1S/C13H8Cl4/c14-7-8-1-3-10(12(16)5-8)9-2-4-11(15)13(17)6-9/h1-6H,7H2. The third kappa shape index (κ3) is 2.89. The van der Waals surface area contributed by atoms with E-state index in [1.165, 1.54) is 0 Å². The zero-order valence-electron chi connectivity index (χ0n) is 8.68. The van der Waals surface area contributed by atoms with Crippen LogP contribution in [0.15, 0.2) is 36.4 Å². The normalized spacial score (nSPS) is 10.6. The van der Waals surface area contributed by atoms with Crippen molar-refractivity contribution in [1.82, 2.24) is 0 Å². The van der Waals surface area contributed by atoms with E-state index in [2.05, 4.69) is 0 Å². The van der Waals surface area contributed by atoms with Crippen molar-refractivity contribution in [3.63, 3.8) is 0 Å². The van der Waals surface area contributed by atoms with Crippen LogP contribution in [0.4, 0.5) is 0 Å². The molecule has 88 valence electrons. The third-order valence-corrected chi connectivity index (χ3v) is 3.78. The van der Waals surface area contributed by atoms with Crippen molar-refractivity contribution in [3.8, 4) is 11.1 Å². The zero-order chi connectivity index (χ0) is 12.4. The quantitative estimate of drug-likeness (QED) is 0.592. The number of hydrogen-bond donors (Lipinski definition) is 0. The molecule has 0 spiro atoms. The lowest BCUT2D eigenvalue weighted by molar-refractivity contribution is 1.40. The average molecular weight is 306 g/mol. The Labute approximate surface area is 120 Å². The molecule has 0 aliphatic rings. The van der Waals surface area contributed by atoms with Gasteiger partial charge in [0.2, 0.25) is 0 Å². The van der Waals surface area contributed by atoms with Gasteiger partial charge in [-0.3, -0.25) is 0 Å². The Kier molecular flexibility index (Phi) is 4.22. The largest absolute Gasteiger partial charge is 0.122 e. The van der Waals surface area contributed by atoms with Crippen molar-refractivity contribution in [3.05, 3.63) is 57.0 Å². The monoisotopic (exact) mass is 304 g/mol. The van der Waals surface area contributed by atoms with Crippen LogP contribution in [0.5, 0.6) is 0 Å². The highest BCUT2D eigenvalue weighted by molar-refractivity contribution is 6.42. The third-order valence-electron chi connectivity index (χ3n) is 2.42. The van der Waals surface area contributed by atoms with Gasteiger partial charge in [0.15, 0.2) is 0 Å². The number of benzene rings is 2. The van der Waals surface area contributed by atoms with E-state index in [-0.39, 0.29) is 0 Å². The van der Waals surface area contributed by atoms with Gasteiger partial charge in [0.05, 0.1) is 10.0 Å². The van der Waals surface area contributed by atoms with E-state index in [1.807, 2.05) is 24.3 Å². The molecule has 0 saturated heterocycles. The molecule has 0 aromatic heterocycles. The second kappa shape index (κ2) is 5.49. The molecule has 0 bridgehead atoms. The molecule has 0 N–H and O–H groups in total. The molecule has 2 aromatic rings. The molecule has 0 aliphatic carbocycles. The first-order chi connectivity index (χ1) is 8.11. The second-order valence-corrected chi connectivity index (χ2v) is 5.07. The van der Waals surface area contributed by atoms with Gasteiger partial charge in [-0.1, -0.05) is 53.0 Å². The van der Waals surface area contributed by atoms with Gasteiger partial charge in [-0.15, -0.1) is 11.6 Å². The van der Waals surface area contributed by atoms with Gasteiger partial charge in [-0.05, 0) is 29.3 Å². The van der Waals surface area contributed by atoms with Crippen LogP contribution in [-0.2, 0) is 5.88 Å². The van der Waals surface area contributed by atoms with Gasteiger partial charge in [-0.2, -0.15) is 0 Å². The molecule has 4 heteroatoms. The molecule has 2 rings (SSSR count). The molecule has 0 atom stereocenters. The molecule has 0 aliphatic heterocycles. The van der Waals surface area contributed by atoms with Crippen molar-refractivity contribution in [2.24, 2.45) is 0 Å². The minimum absolute atomic E-state index is 0.446. The fourth-order valence-electron chi connectivity index (χ4n) is 1.54. The first-order valence-corrected chi connectivity index (χ1v) is 6.58. The van der Waals surface area contributed by atoms with E-state index in [1.54, 1.807) is 12.1 Å². The molecular formula is C13H8Cl4. The van der Waals surface area contributed by atoms with Crippen molar-refractivity contribution in [2.75, 3.05) is 0 Å². The summed E-state index contributed by atoms with van der Waals surface area (Å²) in [6, 6.07) is 11.2. The maximum atomic E-state index is 6.20. The molecule has 2 aromatic carbocycles. The minimum Gasteiger partial charge on any atom is -0.122 e. The molecule has 0 unspecified atom stereocenters. The molecule has 0 saturated carbocycles. The number of rotatable bonds is 2. The molecule has 0 fully saturated rings. The summed E-state index contributed by atoms with van der Waals surface area (Å²) in [6.45, 7) is 0. The topological polar surface area (TPSA) is 0 Å². The predicted molar refractivity (Wildman–Crippen MR) is 76.5 cm³/mol. The van der Waals surface area contributed by atoms with Crippen LogP contribution in [0.3, 0.4) is 0 Å². The maximum absolute atomic E-state index is 6.20. The Balaban J connectivity index is 2.49. The smallest absolute Gasteiger partial charge is 0.0598 e. The second-order valence-electron chi connectivity index (χ2n) is 3.58. The van der Waals surface area contributed by atoms with Crippen molar-refractivity contribution in [2.45, 2.75) is 5.88 Å². The number of halogens is 4. The molecule has 0 amide bonds. The van der Waals surface area contributed by atoms with Crippen molar-refractivity contribution < 1.29 is 0 Å². The summed E-state index contributed by atoms with van der Waals surface area (Å²) in [4.78, 5) is 0. The lowest BCUT2D eigenvalue weighted by atomic mass is 10.0. The SMILES string of the molecule is ClCc1ccc(-c2ccc(Cl)c(Cl)c2)c(Cl)c1. The lowest BCUT2D eigenvalue weighted by Gasteiger charge is -2.07. The van der Waals surface area contributed by atoms with Crippen LogP contribution in [0.2, 0.25) is 15.1 Å². The Hall–Kier alpha value is -0.400. The van der Waals surface area contributed by atoms with Crippen LogP contribution in [0.25, 0.3) is 11.1 Å². The average Bonchev–Trinajstić information content (AvgIpc) is 2.32. The highest BCUT2D eigenvalue weighted by Gasteiger charge is 2.06. The van der Waals surface area contributed by atoms with Gasteiger partial charge >= 0.3 is 0 Å². The van der Waals surface area contributed by atoms with Gasteiger partial charge in [0, 0.05) is 16.5 Å². The summed E-state index contributed by atoms with van der Waals surface area (Å²) in [7, 11) is 0. The fraction of sp³-hybridized carbons (Fsp3) is 0.0769. The van der Waals surface area contributed by atoms with Gasteiger partial charge in [0.1, 0.15) is 0 Å². The first kappa shape index (κ1) is 13.0. The van der Waals surface area contributed by atoms with Crippen molar-refractivity contribution >= 4 is 46.4 Å². The van der Waals surface area contributed by atoms with E-state index in [0.29, 0.717) is 20.9 Å².